The topological polar surface area (TPSA) is 136 Å². The fourth-order valence-electron chi connectivity index (χ4n) is 7.04. The second-order valence-corrected chi connectivity index (χ2v) is 16.4. The number of phenolic OH excluding ortho intramolecular Hbond substituents is 2. The highest BCUT2D eigenvalue weighted by molar-refractivity contribution is 5.92. The number of esters is 2. The summed E-state index contributed by atoms with van der Waals surface area (Å²) in [5.41, 5.74) is 1.88. The Morgan fingerprint density at radius 1 is 0.438 bits per heavy atom. The van der Waals surface area contributed by atoms with Crippen molar-refractivity contribution < 1.29 is 38.7 Å². The number of benzene rings is 4. The van der Waals surface area contributed by atoms with E-state index < -0.39 is 11.9 Å². The maximum Gasteiger partial charge on any atom is 0.343 e. The van der Waals surface area contributed by atoms with Crippen LogP contribution in [0, 0.1) is 0 Å². The predicted molar refractivity (Wildman–Crippen MR) is 259 cm³/mol. The summed E-state index contributed by atoms with van der Waals surface area (Å²) in [4.78, 5) is 34.3. The molecule has 0 spiro atoms. The highest BCUT2D eigenvalue weighted by Gasteiger charge is 2.12. The lowest BCUT2D eigenvalue weighted by atomic mass is 10.1. The maximum atomic E-state index is 12.7. The first kappa shape index (κ1) is 51.0. The Labute approximate surface area is 382 Å². The molecule has 10 heteroatoms. The van der Waals surface area contributed by atoms with E-state index in [1.165, 1.54) is 89.2 Å². The van der Waals surface area contributed by atoms with Gasteiger partial charge in [0.25, 0.3) is 0 Å². The third kappa shape index (κ3) is 20.7. The van der Waals surface area contributed by atoms with Crippen LogP contribution in [0.4, 0.5) is 0 Å². The normalized spacial score (nSPS) is 11.3. The van der Waals surface area contributed by atoms with E-state index >= 15 is 0 Å². The van der Waals surface area contributed by atoms with Crippen LogP contribution in [0.1, 0.15) is 174 Å². The molecule has 0 saturated heterocycles. The Hall–Kier alpha value is -5.64. The molecular formula is C54H72N2O8. The number of carbonyl (C=O) groups is 2. The van der Waals surface area contributed by atoms with Crippen LogP contribution in [0.5, 0.6) is 34.5 Å². The summed E-state index contributed by atoms with van der Waals surface area (Å²) < 4.78 is 22.7. The van der Waals surface area contributed by atoms with E-state index in [-0.39, 0.29) is 23.0 Å². The van der Waals surface area contributed by atoms with Crippen LogP contribution in [-0.2, 0) is 0 Å². The molecule has 346 valence electrons. The molecule has 0 aliphatic rings. The molecule has 4 aromatic rings. The number of rotatable bonds is 33. The van der Waals surface area contributed by atoms with Crippen molar-refractivity contribution in [1.29, 1.82) is 0 Å². The number of hydrogen-bond donors (Lipinski definition) is 2. The van der Waals surface area contributed by atoms with Gasteiger partial charge in [-0.3, -0.25) is 9.98 Å². The van der Waals surface area contributed by atoms with Crippen molar-refractivity contribution in [3.05, 3.63) is 107 Å². The summed E-state index contributed by atoms with van der Waals surface area (Å²) in [7, 11) is 0. The highest BCUT2D eigenvalue weighted by Crippen LogP contribution is 2.26. The van der Waals surface area contributed by atoms with Gasteiger partial charge >= 0.3 is 11.9 Å². The van der Waals surface area contributed by atoms with Gasteiger partial charge in [-0.05, 0) is 98.5 Å². The third-order valence-electron chi connectivity index (χ3n) is 10.9. The van der Waals surface area contributed by atoms with E-state index in [4.69, 9.17) is 18.9 Å². The molecule has 64 heavy (non-hydrogen) atoms. The molecule has 0 radical (unpaired) electrons. The van der Waals surface area contributed by atoms with Crippen LogP contribution in [0.15, 0.2) is 94.9 Å². The average molecular weight is 877 g/mol. The fourth-order valence-corrected chi connectivity index (χ4v) is 7.04. The Morgan fingerprint density at radius 2 is 0.766 bits per heavy atom. The number of aromatic hydroxyl groups is 2. The summed E-state index contributed by atoms with van der Waals surface area (Å²) in [5, 5.41) is 21.0. The fraction of sp³-hybridized carbons (Fsp3) is 0.481. The quantitative estimate of drug-likeness (QED) is 0.0209. The minimum atomic E-state index is -0.513. The highest BCUT2D eigenvalue weighted by atomic mass is 16.5. The van der Waals surface area contributed by atoms with Crippen LogP contribution in [-0.4, -0.2) is 60.9 Å². The largest absolute Gasteiger partial charge is 0.507 e. The van der Waals surface area contributed by atoms with Crippen molar-refractivity contribution in [2.45, 2.75) is 142 Å². The van der Waals surface area contributed by atoms with Crippen LogP contribution in [0.25, 0.3) is 0 Å². The molecule has 0 heterocycles. The number of ether oxygens (including phenoxy) is 4. The van der Waals surface area contributed by atoms with Crippen LogP contribution >= 0.6 is 0 Å². The molecule has 4 rings (SSSR count). The summed E-state index contributed by atoms with van der Waals surface area (Å²) in [6, 6.07) is 23.3. The van der Waals surface area contributed by atoms with Gasteiger partial charge in [0, 0.05) is 48.8 Å². The Bertz CT molecular complexity index is 1830. The zero-order valence-corrected chi connectivity index (χ0v) is 38.4. The lowest BCUT2D eigenvalue weighted by molar-refractivity contribution is 0.0724. The van der Waals surface area contributed by atoms with Gasteiger partial charge in [0.15, 0.2) is 0 Å². The summed E-state index contributed by atoms with van der Waals surface area (Å²) in [6.07, 6.45) is 26.9. The molecule has 0 fully saturated rings. The molecule has 0 atom stereocenters. The molecule has 2 N–H and O–H groups in total. The van der Waals surface area contributed by atoms with Crippen LogP contribution < -0.4 is 18.9 Å². The van der Waals surface area contributed by atoms with Gasteiger partial charge in [-0.1, -0.05) is 117 Å². The Kier molecular flexibility index (Phi) is 24.9. The number of phenols is 2. The van der Waals surface area contributed by atoms with Crippen molar-refractivity contribution in [3.63, 3.8) is 0 Å². The first-order valence-electron chi connectivity index (χ1n) is 23.9. The molecule has 0 amide bonds. The van der Waals surface area contributed by atoms with Crippen molar-refractivity contribution in [1.82, 2.24) is 0 Å². The molecule has 0 aliphatic heterocycles. The second-order valence-electron chi connectivity index (χ2n) is 16.4. The lowest BCUT2D eigenvalue weighted by Gasteiger charge is -2.08. The van der Waals surface area contributed by atoms with E-state index in [9.17, 15) is 19.8 Å². The molecule has 0 aliphatic carbocycles. The van der Waals surface area contributed by atoms with Gasteiger partial charge in [0.1, 0.15) is 34.5 Å². The maximum absolute atomic E-state index is 12.7. The molecule has 10 nitrogen and oxygen atoms in total. The third-order valence-corrected chi connectivity index (χ3v) is 10.9. The van der Waals surface area contributed by atoms with E-state index in [0.29, 0.717) is 48.6 Å². The van der Waals surface area contributed by atoms with E-state index in [2.05, 4.69) is 23.8 Å². The summed E-state index contributed by atoms with van der Waals surface area (Å²) in [6.45, 7) is 7.01. The number of nitrogens with zero attached hydrogens (tertiary/aromatic N) is 2. The summed E-state index contributed by atoms with van der Waals surface area (Å²) >= 11 is 0. The van der Waals surface area contributed by atoms with Crippen molar-refractivity contribution >= 4 is 24.4 Å². The van der Waals surface area contributed by atoms with E-state index in [1.807, 2.05) is 0 Å². The van der Waals surface area contributed by atoms with Gasteiger partial charge in [-0.25, -0.2) is 9.59 Å². The molecule has 4 aromatic carbocycles. The molecular weight excluding hydrogens is 805 g/mol. The van der Waals surface area contributed by atoms with E-state index in [0.717, 1.165) is 62.9 Å². The molecule has 0 bridgehead atoms. The standard InChI is InChI=1S/C54H72N2O8/c1-3-5-7-9-11-13-17-21-37-61-47-29-23-43(24-30-47)53(59)63-49-33-27-45(51(57)39-49)41-55-35-19-15-16-20-36-56-42-46-28-34-50(40-52(46)58)64-54(60)44-25-31-48(32-26-44)62-38-22-18-14-12-10-8-6-4-2/h23-34,39-42,57-58H,3-22,35-38H2,1-2H3. The van der Waals surface area contributed by atoms with Crippen LogP contribution in [0.3, 0.4) is 0 Å². The van der Waals surface area contributed by atoms with Gasteiger partial charge in [0.05, 0.1) is 24.3 Å². The van der Waals surface area contributed by atoms with Crippen LogP contribution in [0.2, 0.25) is 0 Å². The molecule has 0 unspecified atom stereocenters. The number of aliphatic imine (C=N–C) groups is 2. The number of hydrogen-bond acceptors (Lipinski definition) is 10. The van der Waals surface area contributed by atoms with E-state index in [1.54, 1.807) is 85.2 Å². The minimum absolute atomic E-state index is 0.0192. The first-order valence-corrected chi connectivity index (χ1v) is 23.9. The van der Waals surface area contributed by atoms with Gasteiger partial charge < -0.3 is 29.2 Å². The number of carbonyl (C=O) groups excluding carboxylic acids is 2. The molecule has 0 saturated carbocycles. The zero-order chi connectivity index (χ0) is 45.5. The summed E-state index contributed by atoms with van der Waals surface area (Å²) in [5.74, 6) is 0.881. The van der Waals surface area contributed by atoms with Gasteiger partial charge in [-0.2, -0.15) is 0 Å². The number of unbranched alkanes of at least 4 members (excludes halogenated alkanes) is 17. The lowest BCUT2D eigenvalue weighted by Crippen LogP contribution is -2.08. The smallest absolute Gasteiger partial charge is 0.343 e. The first-order chi connectivity index (χ1) is 31.4. The van der Waals surface area contributed by atoms with Crippen molar-refractivity contribution in [2.24, 2.45) is 9.98 Å². The predicted octanol–water partition coefficient (Wildman–Crippen LogP) is 13.7. The molecule has 0 aromatic heterocycles. The zero-order valence-electron chi connectivity index (χ0n) is 38.4. The Balaban J connectivity index is 1.04. The van der Waals surface area contributed by atoms with Crippen molar-refractivity contribution in [3.8, 4) is 34.5 Å². The Morgan fingerprint density at radius 3 is 1.12 bits per heavy atom. The minimum Gasteiger partial charge on any atom is -0.507 e. The van der Waals surface area contributed by atoms with Gasteiger partial charge in [0.2, 0.25) is 0 Å². The monoisotopic (exact) mass is 877 g/mol. The van der Waals surface area contributed by atoms with Crippen molar-refractivity contribution in [2.75, 3.05) is 26.3 Å². The average Bonchev–Trinajstić information content (AvgIpc) is 3.30. The van der Waals surface area contributed by atoms with Gasteiger partial charge in [-0.15, -0.1) is 0 Å². The second kappa shape index (κ2) is 31.2. The SMILES string of the molecule is CCCCCCCCCCOc1ccc(C(=O)Oc2ccc(C=NCCCCCCN=Cc3ccc(OC(=O)c4ccc(OCCCCCCCCCC)cc4)cc3O)c(O)c2)cc1.